The Hall–Kier alpha value is -0.740. The Morgan fingerprint density at radius 2 is 2.28 bits per heavy atom. The highest BCUT2D eigenvalue weighted by Gasteiger charge is 2.12. The van der Waals surface area contributed by atoms with Gasteiger partial charge in [0.05, 0.1) is 11.2 Å². The summed E-state index contributed by atoms with van der Waals surface area (Å²) in [6.45, 7) is 2.04. The molecule has 1 nitrogen and oxygen atoms in total. The lowest BCUT2D eigenvalue weighted by Gasteiger charge is -2.14. The minimum absolute atomic E-state index is 0.160. The van der Waals surface area contributed by atoms with Crippen molar-refractivity contribution in [1.82, 2.24) is 4.98 Å². The molecule has 2 rings (SSSR count). The second kappa shape index (κ2) is 6.43. The van der Waals surface area contributed by atoms with Gasteiger partial charge >= 0.3 is 0 Å². The molecule has 4 heteroatoms. The topological polar surface area (TPSA) is 12.9 Å². The molecule has 0 aliphatic carbocycles. The van der Waals surface area contributed by atoms with Gasteiger partial charge in [0.25, 0.3) is 0 Å². The average molecular weight is 328 g/mol. The maximum absolute atomic E-state index is 13.2. The van der Waals surface area contributed by atoms with Crippen molar-refractivity contribution in [3.05, 3.63) is 51.7 Å². The molecule has 0 N–H and O–H groups in total. The molecule has 0 amide bonds. The number of benzene rings is 1. The number of halogens is 2. The summed E-state index contributed by atoms with van der Waals surface area (Å²) in [6.07, 6.45) is 2.01. The fraction of sp³-hybridized carbons (Fsp3) is 0.357. The summed E-state index contributed by atoms with van der Waals surface area (Å²) in [7, 11) is 0. The lowest BCUT2D eigenvalue weighted by Crippen LogP contribution is -2.02. The van der Waals surface area contributed by atoms with Crippen LogP contribution in [-0.4, -0.2) is 10.3 Å². The molecule has 1 aromatic heterocycles. The molecular formula is C14H15BrFNS. The molecule has 1 unspecified atom stereocenters. The lowest BCUT2D eigenvalue weighted by molar-refractivity contribution is 0.617. The van der Waals surface area contributed by atoms with Crippen LogP contribution in [0.3, 0.4) is 0 Å². The normalized spacial score (nSPS) is 12.6. The molecule has 1 heterocycles. The largest absolute Gasteiger partial charge is 0.250 e. The predicted molar refractivity (Wildman–Crippen MR) is 78.1 cm³/mol. The number of thiazole rings is 1. The molecule has 0 bridgehead atoms. The van der Waals surface area contributed by atoms with E-state index in [-0.39, 0.29) is 5.82 Å². The fourth-order valence-corrected chi connectivity index (χ4v) is 3.46. The van der Waals surface area contributed by atoms with Crippen molar-refractivity contribution in [2.45, 2.75) is 25.7 Å². The Bertz CT molecular complexity index is 512. The fourth-order valence-electron chi connectivity index (χ4n) is 1.96. The molecule has 0 aliphatic heterocycles. The van der Waals surface area contributed by atoms with Crippen molar-refractivity contribution in [3.63, 3.8) is 0 Å². The van der Waals surface area contributed by atoms with Gasteiger partial charge in [0.2, 0.25) is 0 Å². The van der Waals surface area contributed by atoms with Crippen LogP contribution < -0.4 is 0 Å². The highest BCUT2D eigenvalue weighted by Crippen LogP contribution is 2.26. The van der Waals surface area contributed by atoms with Gasteiger partial charge in [-0.25, -0.2) is 9.37 Å². The van der Waals surface area contributed by atoms with Gasteiger partial charge in [-0.1, -0.05) is 28.1 Å². The first-order chi connectivity index (χ1) is 8.70. The Kier molecular flexibility index (Phi) is 4.89. The van der Waals surface area contributed by atoms with Crippen molar-refractivity contribution >= 4 is 27.3 Å². The smallest absolute Gasteiger partial charge is 0.123 e. The van der Waals surface area contributed by atoms with E-state index in [2.05, 4.69) is 20.9 Å². The van der Waals surface area contributed by atoms with E-state index < -0.39 is 0 Å². The van der Waals surface area contributed by atoms with Crippen molar-refractivity contribution in [2.24, 2.45) is 0 Å². The summed E-state index contributed by atoms with van der Waals surface area (Å²) >= 11 is 5.23. The van der Waals surface area contributed by atoms with E-state index in [4.69, 9.17) is 0 Å². The average Bonchev–Trinajstić information content (AvgIpc) is 2.76. The van der Waals surface area contributed by atoms with E-state index in [9.17, 15) is 4.39 Å². The van der Waals surface area contributed by atoms with Crippen molar-refractivity contribution in [2.75, 3.05) is 5.33 Å². The van der Waals surface area contributed by atoms with E-state index >= 15 is 0 Å². The van der Waals surface area contributed by atoms with Gasteiger partial charge in [-0.15, -0.1) is 11.3 Å². The summed E-state index contributed by atoms with van der Waals surface area (Å²) < 4.78 is 13.2. The lowest BCUT2D eigenvalue weighted by atomic mass is 9.95. The van der Waals surface area contributed by atoms with Gasteiger partial charge in [-0.2, -0.15) is 0 Å². The Morgan fingerprint density at radius 3 is 2.89 bits per heavy atom. The number of nitrogens with zero attached hydrogens (tertiary/aromatic N) is 1. The molecule has 96 valence electrons. The van der Waals surface area contributed by atoms with Crippen LogP contribution in [0.1, 0.15) is 28.5 Å². The van der Waals surface area contributed by atoms with Crippen LogP contribution in [0, 0.1) is 12.7 Å². The van der Waals surface area contributed by atoms with Gasteiger partial charge in [-0.3, -0.25) is 0 Å². The number of rotatable bonds is 5. The van der Waals surface area contributed by atoms with Crippen LogP contribution in [0.2, 0.25) is 0 Å². The van der Waals surface area contributed by atoms with Crippen molar-refractivity contribution in [3.8, 4) is 0 Å². The van der Waals surface area contributed by atoms with Crippen molar-refractivity contribution in [1.29, 1.82) is 0 Å². The summed E-state index contributed by atoms with van der Waals surface area (Å²) in [6, 6.07) is 6.89. The number of aromatic nitrogens is 1. The second-order valence-corrected chi connectivity index (χ2v) is 5.89. The summed E-state index contributed by atoms with van der Waals surface area (Å²) in [4.78, 5) is 5.58. The third-order valence-electron chi connectivity index (χ3n) is 3.07. The molecule has 1 atom stereocenters. The monoisotopic (exact) mass is 327 g/mol. The molecule has 0 saturated carbocycles. The van der Waals surface area contributed by atoms with E-state index in [1.165, 1.54) is 10.9 Å². The van der Waals surface area contributed by atoms with Gasteiger partial charge in [0.15, 0.2) is 0 Å². The molecule has 1 aromatic carbocycles. The zero-order valence-electron chi connectivity index (χ0n) is 10.2. The summed E-state index contributed by atoms with van der Waals surface area (Å²) in [5.41, 5.74) is 4.07. The number of aryl methyl sites for hydroxylation is 2. The molecule has 0 saturated heterocycles. The van der Waals surface area contributed by atoms with Gasteiger partial charge < -0.3 is 0 Å². The number of hydrogen-bond donors (Lipinski definition) is 0. The highest BCUT2D eigenvalue weighted by atomic mass is 79.9. The van der Waals surface area contributed by atoms with E-state index in [1.54, 1.807) is 23.5 Å². The SMILES string of the molecule is Cc1ncsc1CCC(CBr)c1cccc(F)c1. The Morgan fingerprint density at radius 1 is 1.44 bits per heavy atom. The van der Waals surface area contributed by atoms with Crippen LogP contribution in [0.25, 0.3) is 0 Å². The van der Waals surface area contributed by atoms with Crippen LogP contribution in [0.15, 0.2) is 29.8 Å². The maximum atomic E-state index is 13.2. The van der Waals surface area contributed by atoms with Gasteiger partial charge in [0.1, 0.15) is 5.82 Å². The summed E-state index contributed by atoms with van der Waals surface area (Å²) in [5, 5.41) is 0.855. The predicted octanol–water partition coefficient (Wildman–Crippen LogP) is 4.70. The first kappa shape index (κ1) is 13.7. The number of hydrogen-bond acceptors (Lipinski definition) is 2. The quantitative estimate of drug-likeness (QED) is 0.725. The Labute approximate surface area is 119 Å². The van der Waals surface area contributed by atoms with Gasteiger partial charge in [0, 0.05) is 10.2 Å². The zero-order valence-corrected chi connectivity index (χ0v) is 12.6. The Balaban J connectivity index is 2.04. The van der Waals surface area contributed by atoms with Crippen LogP contribution in [-0.2, 0) is 6.42 Å². The number of alkyl halides is 1. The van der Waals surface area contributed by atoms with E-state index in [0.717, 1.165) is 29.4 Å². The zero-order chi connectivity index (χ0) is 13.0. The summed E-state index contributed by atoms with van der Waals surface area (Å²) in [5.74, 6) is 0.189. The molecule has 0 fully saturated rings. The van der Waals surface area contributed by atoms with Crippen LogP contribution in [0.4, 0.5) is 4.39 Å². The third-order valence-corrected chi connectivity index (χ3v) is 4.85. The molecule has 0 radical (unpaired) electrons. The van der Waals surface area contributed by atoms with E-state index in [0.29, 0.717) is 5.92 Å². The molecular weight excluding hydrogens is 313 g/mol. The minimum Gasteiger partial charge on any atom is -0.250 e. The second-order valence-electron chi connectivity index (χ2n) is 4.31. The first-order valence-electron chi connectivity index (χ1n) is 5.91. The van der Waals surface area contributed by atoms with Crippen LogP contribution >= 0.6 is 27.3 Å². The van der Waals surface area contributed by atoms with Crippen molar-refractivity contribution < 1.29 is 4.39 Å². The molecule has 0 spiro atoms. The molecule has 2 aromatic rings. The van der Waals surface area contributed by atoms with Crippen LogP contribution in [0.5, 0.6) is 0 Å². The first-order valence-corrected chi connectivity index (χ1v) is 7.91. The molecule has 18 heavy (non-hydrogen) atoms. The maximum Gasteiger partial charge on any atom is 0.123 e. The minimum atomic E-state index is -0.160. The highest BCUT2D eigenvalue weighted by molar-refractivity contribution is 9.09. The van der Waals surface area contributed by atoms with E-state index in [1.807, 2.05) is 18.5 Å². The molecule has 0 aliphatic rings. The third kappa shape index (κ3) is 3.39. The standard InChI is InChI=1S/C14H15BrFNS/c1-10-14(18-9-17-10)6-5-12(8-15)11-3-2-4-13(16)7-11/h2-4,7,9,12H,5-6,8H2,1H3. The van der Waals surface area contributed by atoms with Gasteiger partial charge in [-0.05, 0) is 43.4 Å².